The van der Waals surface area contributed by atoms with Crippen LogP contribution in [-0.4, -0.2) is 35.3 Å². The van der Waals surface area contributed by atoms with Crippen LogP contribution in [-0.2, 0) is 0 Å². The molecule has 2 nitrogen and oxygen atoms in total. The van der Waals surface area contributed by atoms with Crippen molar-refractivity contribution in [1.29, 1.82) is 0 Å². The molecule has 0 heterocycles. The van der Waals surface area contributed by atoms with Gasteiger partial charge in [-0.25, -0.2) is 0 Å². The molecule has 0 bridgehead atoms. The first kappa shape index (κ1) is 15.1. The largest absolute Gasteiger partial charge is 0.417 e. The average Bonchev–Trinajstić information content (AvgIpc) is 1.75. The summed E-state index contributed by atoms with van der Waals surface area (Å²) in [6.07, 6.45) is 2.19. The highest BCUT2D eigenvalue weighted by atomic mass is 28.4. The van der Waals surface area contributed by atoms with Crippen molar-refractivity contribution < 1.29 is 0 Å². The van der Waals surface area contributed by atoms with Gasteiger partial charge in [-0.3, -0.25) is 0 Å². The maximum absolute atomic E-state index is 4.80. The fourth-order valence-corrected chi connectivity index (χ4v) is 11.1. The van der Waals surface area contributed by atoms with E-state index < -0.39 is 24.7 Å². The molecular weight excluding hydrogens is 232 g/mol. The van der Waals surface area contributed by atoms with Crippen molar-refractivity contribution in [2.45, 2.75) is 58.9 Å². The van der Waals surface area contributed by atoms with Crippen molar-refractivity contribution in [3.63, 3.8) is 0 Å². The third kappa shape index (κ3) is 6.32. The maximum Gasteiger partial charge on any atom is 0.174 e. The van der Waals surface area contributed by atoms with Crippen LogP contribution >= 0.6 is 0 Å². The van der Waals surface area contributed by atoms with Crippen LogP contribution < -0.4 is 0 Å². The lowest BCUT2D eigenvalue weighted by molar-refractivity contribution is 0.928. The second kappa shape index (κ2) is 4.55. The lowest BCUT2D eigenvalue weighted by Crippen LogP contribution is -2.58. The highest BCUT2D eigenvalue weighted by Gasteiger charge is 2.32. The van der Waals surface area contributed by atoms with E-state index in [-0.39, 0.29) is 0 Å². The van der Waals surface area contributed by atoms with Gasteiger partial charge in [0, 0.05) is 0 Å². The number of nitrogens with zero attached hydrogens (tertiary/aromatic N) is 2. The van der Waals surface area contributed by atoms with Gasteiger partial charge < -0.3 is 8.89 Å². The van der Waals surface area contributed by atoms with Crippen LogP contribution in [0.2, 0.25) is 58.9 Å². The van der Waals surface area contributed by atoms with Crippen molar-refractivity contribution in [2.24, 2.45) is 4.66 Å². The van der Waals surface area contributed by atoms with Crippen molar-refractivity contribution in [3.05, 3.63) is 0 Å². The zero-order chi connectivity index (χ0) is 12.5. The summed E-state index contributed by atoms with van der Waals surface area (Å²) in [4.78, 5) is 0. The third-order valence-corrected chi connectivity index (χ3v) is 10.0. The molecule has 0 rings (SSSR count). The number of rotatable bonds is 4. The summed E-state index contributed by atoms with van der Waals surface area (Å²) in [5, 5.41) is 0. The van der Waals surface area contributed by atoms with Crippen molar-refractivity contribution >= 4 is 31.0 Å². The Kier molecular flexibility index (Phi) is 4.58. The zero-order valence-electron chi connectivity index (χ0n) is 12.0. The van der Waals surface area contributed by atoms with Gasteiger partial charge in [-0.05, 0) is 19.6 Å². The molecule has 90 valence electrons. The predicted octanol–water partition coefficient (Wildman–Crippen LogP) is 3.82. The molecule has 0 saturated heterocycles. The molecule has 5 heteroatoms. The van der Waals surface area contributed by atoms with Crippen molar-refractivity contribution in [3.8, 4) is 0 Å². The Balaban J connectivity index is 4.94. The van der Waals surface area contributed by atoms with E-state index >= 15 is 0 Å². The molecule has 0 fully saturated rings. The molecule has 0 radical (unpaired) electrons. The lowest BCUT2D eigenvalue weighted by atomic mass is 11.4. The minimum absolute atomic E-state index is 1.25. The normalized spacial score (nSPS) is 14.7. The molecule has 0 saturated carbocycles. The molecule has 0 spiro atoms. The maximum atomic E-state index is 4.80. The fraction of sp³-hybridized carbons (Fsp3) is 0.900. The average molecular weight is 261 g/mol. The fourth-order valence-electron chi connectivity index (χ4n) is 1.58. The standard InChI is InChI=1S/C10H28N2Si3/c1-13(2,3)11-10-12(14(4,5)6)15(7,8)9/h10H,1-9H3. The molecule has 0 aliphatic carbocycles. The summed E-state index contributed by atoms with van der Waals surface area (Å²) in [5.41, 5.74) is 0. The first-order chi connectivity index (χ1) is 6.34. The first-order valence-corrected chi connectivity index (χ1v) is 16.0. The molecule has 0 aromatic rings. The lowest BCUT2D eigenvalue weighted by Gasteiger charge is -2.42. The van der Waals surface area contributed by atoms with E-state index in [0.29, 0.717) is 0 Å². The Morgan fingerprint density at radius 1 is 0.733 bits per heavy atom. The SMILES string of the molecule is C[Si](C)(C)N=CN([Si](C)(C)C)[Si](C)(C)C. The van der Waals surface area contributed by atoms with E-state index in [9.17, 15) is 0 Å². The van der Waals surface area contributed by atoms with Crippen molar-refractivity contribution in [2.75, 3.05) is 0 Å². The molecule has 0 unspecified atom stereocenters. The van der Waals surface area contributed by atoms with Gasteiger partial charge in [0.25, 0.3) is 0 Å². The van der Waals surface area contributed by atoms with Crippen LogP contribution in [0.15, 0.2) is 4.66 Å². The van der Waals surface area contributed by atoms with Crippen LogP contribution in [0.3, 0.4) is 0 Å². The van der Waals surface area contributed by atoms with Gasteiger partial charge in [0.15, 0.2) is 8.24 Å². The Morgan fingerprint density at radius 3 is 1.27 bits per heavy atom. The summed E-state index contributed by atoms with van der Waals surface area (Å²) in [6, 6.07) is 0. The van der Waals surface area contributed by atoms with Gasteiger partial charge >= 0.3 is 0 Å². The first-order valence-electron chi connectivity index (χ1n) is 5.69. The molecule has 0 N–H and O–H groups in total. The monoisotopic (exact) mass is 260 g/mol. The van der Waals surface area contributed by atoms with E-state index in [1.807, 2.05) is 0 Å². The Labute approximate surface area is 99.1 Å². The highest BCUT2D eigenvalue weighted by Crippen LogP contribution is 2.18. The van der Waals surface area contributed by atoms with Gasteiger partial charge in [-0.15, -0.1) is 0 Å². The second-order valence-electron chi connectivity index (χ2n) is 7.13. The minimum Gasteiger partial charge on any atom is -0.417 e. The smallest absolute Gasteiger partial charge is 0.174 e. The van der Waals surface area contributed by atoms with Gasteiger partial charge in [0.2, 0.25) is 0 Å². The second-order valence-corrected chi connectivity index (χ2v) is 21.8. The van der Waals surface area contributed by atoms with Crippen LogP contribution in [0.5, 0.6) is 0 Å². The number of hydrogen-bond acceptors (Lipinski definition) is 1. The Morgan fingerprint density at radius 2 is 1.07 bits per heavy atom. The van der Waals surface area contributed by atoms with Crippen LogP contribution in [0.25, 0.3) is 0 Å². The van der Waals surface area contributed by atoms with Gasteiger partial charge in [0.1, 0.15) is 16.5 Å². The zero-order valence-corrected chi connectivity index (χ0v) is 15.0. The topological polar surface area (TPSA) is 15.6 Å². The summed E-state index contributed by atoms with van der Waals surface area (Å²) < 4.78 is 7.42. The predicted molar refractivity (Wildman–Crippen MR) is 80.4 cm³/mol. The molecule has 15 heavy (non-hydrogen) atoms. The van der Waals surface area contributed by atoms with E-state index in [0.717, 1.165) is 0 Å². The van der Waals surface area contributed by atoms with Gasteiger partial charge in [-0.1, -0.05) is 39.3 Å². The molecule has 0 atom stereocenters. The van der Waals surface area contributed by atoms with E-state index in [1.165, 1.54) is 0 Å². The van der Waals surface area contributed by atoms with E-state index in [1.54, 1.807) is 0 Å². The van der Waals surface area contributed by atoms with E-state index in [4.69, 9.17) is 4.66 Å². The summed E-state index contributed by atoms with van der Waals surface area (Å²) in [6.45, 7) is 21.3. The number of hydrogen-bond donors (Lipinski definition) is 0. The third-order valence-electron chi connectivity index (χ3n) is 2.01. The van der Waals surface area contributed by atoms with Crippen LogP contribution in [0.1, 0.15) is 0 Å². The Hall–Kier alpha value is 0.121. The van der Waals surface area contributed by atoms with Gasteiger partial charge in [0.05, 0.1) is 6.34 Å². The van der Waals surface area contributed by atoms with Crippen LogP contribution in [0, 0.1) is 0 Å². The van der Waals surface area contributed by atoms with Gasteiger partial charge in [-0.2, -0.15) is 0 Å². The highest BCUT2D eigenvalue weighted by molar-refractivity contribution is 6.92. The molecule has 0 aliphatic heterocycles. The quantitative estimate of drug-likeness (QED) is 0.426. The molecule has 0 aromatic carbocycles. The van der Waals surface area contributed by atoms with Crippen LogP contribution in [0.4, 0.5) is 0 Å². The minimum atomic E-state index is -1.31. The molecule has 0 aliphatic rings. The molecular formula is C10H28N2Si3. The van der Waals surface area contributed by atoms with E-state index in [2.05, 4.69) is 69.5 Å². The molecule has 0 aromatic heterocycles. The summed E-state index contributed by atoms with van der Waals surface area (Å²) >= 11 is 0. The van der Waals surface area contributed by atoms with Crippen molar-refractivity contribution in [1.82, 2.24) is 4.23 Å². The molecule has 0 amide bonds. The summed E-state index contributed by atoms with van der Waals surface area (Å²) in [5.74, 6) is 0. The summed E-state index contributed by atoms with van der Waals surface area (Å²) in [7, 11) is -3.81. The Bertz CT molecular complexity index is 217.